The van der Waals surface area contributed by atoms with Gasteiger partial charge in [0, 0.05) is 11.4 Å². The molecule has 1 aromatic rings. The van der Waals surface area contributed by atoms with Crippen molar-refractivity contribution in [3.8, 4) is 0 Å². The lowest BCUT2D eigenvalue weighted by Gasteiger charge is -2.33. The first kappa shape index (κ1) is 15.5. The van der Waals surface area contributed by atoms with Crippen molar-refractivity contribution in [2.45, 2.75) is 53.1 Å². The third-order valence-electron chi connectivity index (χ3n) is 4.09. The van der Waals surface area contributed by atoms with Crippen LogP contribution in [-0.4, -0.2) is 23.7 Å². The van der Waals surface area contributed by atoms with E-state index >= 15 is 0 Å². The summed E-state index contributed by atoms with van der Waals surface area (Å²) in [4.78, 5) is 14.2. The minimum atomic E-state index is -0.501. The van der Waals surface area contributed by atoms with E-state index in [-0.39, 0.29) is 5.91 Å². The van der Waals surface area contributed by atoms with Crippen molar-refractivity contribution in [3.05, 3.63) is 21.4 Å². The van der Waals surface area contributed by atoms with Gasteiger partial charge in [-0.2, -0.15) is 0 Å². The van der Waals surface area contributed by atoms with E-state index in [0.29, 0.717) is 17.9 Å². The van der Waals surface area contributed by atoms with Gasteiger partial charge in [0.1, 0.15) is 0 Å². The summed E-state index contributed by atoms with van der Waals surface area (Å²) in [5.41, 5.74) is 1.68. The summed E-state index contributed by atoms with van der Waals surface area (Å²) in [5.74, 6) is 0.635. The number of fused-ring (bicyclic) bond motifs is 1. The molecule has 1 aromatic heterocycles. The van der Waals surface area contributed by atoms with E-state index in [1.807, 2.05) is 0 Å². The van der Waals surface area contributed by atoms with Crippen molar-refractivity contribution < 1.29 is 9.90 Å². The molecule has 2 unspecified atom stereocenters. The number of carbonyl (C=O) groups excluding carboxylic acids is 1. The van der Waals surface area contributed by atoms with Crippen LogP contribution in [0.1, 0.15) is 54.2 Å². The fourth-order valence-corrected chi connectivity index (χ4v) is 3.83. The molecule has 112 valence electrons. The Morgan fingerprint density at radius 1 is 1.55 bits per heavy atom. The fraction of sp³-hybridized carbons (Fsp3) is 0.688. The molecule has 1 aliphatic carbocycles. The molecule has 2 rings (SSSR count). The highest BCUT2D eigenvalue weighted by molar-refractivity contribution is 7.14. The molecule has 1 aliphatic rings. The first-order valence-corrected chi connectivity index (χ1v) is 8.17. The number of hydrogen-bond acceptors (Lipinski definition) is 3. The predicted molar refractivity (Wildman–Crippen MR) is 83.3 cm³/mol. The van der Waals surface area contributed by atoms with E-state index in [4.69, 9.17) is 0 Å². The van der Waals surface area contributed by atoms with Gasteiger partial charge in [-0.05, 0) is 49.1 Å². The van der Waals surface area contributed by atoms with Gasteiger partial charge in [0.05, 0.1) is 11.0 Å². The van der Waals surface area contributed by atoms with Crippen LogP contribution in [0.5, 0.6) is 0 Å². The van der Waals surface area contributed by atoms with Crippen LogP contribution in [-0.2, 0) is 12.8 Å². The highest BCUT2D eigenvalue weighted by atomic mass is 32.1. The lowest BCUT2D eigenvalue weighted by Crippen LogP contribution is -2.29. The number of aliphatic hydroxyl groups excluding tert-OH is 1. The summed E-state index contributed by atoms with van der Waals surface area (Å²) < 4.78 is 0. The summed E-state index contributed by atoms with van der Waals surface area (Å²) in [6, 6.07) is 2.05. The van der Waals surface area contributed by atoms with Gasteiger partial charge in [0.25, 0.3) is 5.91 Å². The Kier molecular flexibility index (Phi) is 4.55. The number of thiophene rings is 1. The molecule has 0 radical (unpaired) electrons. The topological polar surface area (TPSA) is 49.3 Å². The number of rotatable bonds is 3. The summed E-state index contributed by atoms with van der Waals surface area (Å²) in [5, 5.41) is 12.0. The first-order valence-electron chi connectivity index (χ1n) is 7.35. The molecule has 0 saturated carbocycles. The van der Waals surface area contributed by atoms with E-state index in [9.17, 15) is 9.90 Å². The molecule has 0 bridgehead atoms. The maximum atomic E-state index is 12.0. The largest absolute Gasteiger partial charge is 0.392 e. The van der Waals surface area contributed by atoms with Gasteiger partial charge in [-0.3, -0.25) is 4.79 Å². The van der Waals surface area contributed by atoms with Crippen LogP contribution in [0.4, 0.5) is 0 Å². The zero-order valence-electron chi connectivity index (χ0n) is 12.8. The second kappa shape index (κ2) is 5.86. The number of amides is 1. The zero-order chi connectivity index (χ0) is 14.9. The molecule has 1 amide bonds. The molecule has 20 heavy (non-hydrogen) atoms. The standard InChI is InChI=1S/C16H25NO2S/c1-10(18)9-17-15(19)14-8-11-7-12(16(2,3)4)5-6-13(11)20-14/h8,10,12,18H,5-7,9H2,1-4H3,(H,17,19). The van der Waals surface area contributed by atoms with Gasteiger partial charge in [0.15, 0.2) is 0 Å². The van der Waals surface area contributed by atoms with Crippen LogP contribution in [0.3, 0.4) is 0 Å². The highest BCUT2D eigenvalue weighted by Crippen LogP contribution is 2.40. The number of hydrogen-bond donors (Lipinski definition) is 2. The van der Waals surface area contributed by atoms with Crippen molar-refractivity contribution in [2.75, 3.05) is 6.54 Å². The Balaban J connectivity index is 2.07. The number of aliphatic hydroxyl groups is 1. The normalized spacial score (nSPS) is 20.4. The van der Waals surface area contributed by atoms with Gasteiger partial charge >= 0.3 is 0 Å². The van der Waals surface area contributed by atoms with Gasteiger partial charge in [0.2, 0.25) is 0 Å². The lowest BCUT2D eigenvalue weighted by atomic mass is 9.72. The van der Waals surface area contributed by atoms with Crippen molar-refractivity contribution in [2.24, 2.45) is 11.3 Å². The average molecular weight is 295 g/mol. The maximum absolute atomic E-state index is 12.0. The Hall–Kier alpha value is -0.870. The molecule has 4 heteroatoms. The molecule has 3 nitrogen and oxygen atoms in total. The minimum absolute atomic E-state index is 0.0578. The van der Waals surface area contributed by atoms with Gasteiger partial charge in [-0.25, -0.2) is 0 Å². The summed E-state index contributed by atoms with van der Waals surface area (Å²) in [6.07, 6.45) is 2.88. The SMILES string of the molecule is CC(O)CNC(=O)c1cc2c(s1)CCC(C(C)(C)C)C2. The molecule has 0 aromatic carbocycles. The quantitative estimate of drug-likeness (QED) is 0.900. The second-order valence-corrected chi connectivity index (χ2v) is 8.06. The Labute approximate surface area is 125 Å². The first-order chi connectivity index (χ1) is 9.27. The third kappa shape index (κ3) is 3.61. The smallest absolute Gasteiger partial charge is 0.261 e. The van der Waals surface area contributed by atoms with Crippen LogP contribution < -0.4 is 5.32 Å². The van der Waals surface area contributed by atoms with E-state index in [0.717, 1.165) is 17.7 Å². The number of aryl methyl sites for hydroxylation is 1. The van der Waals surface area contributed by atoms with Gasteiger partial charge in [-0.1, -0.05) is 20.8 Å². The van der Waals surface area contributed by atoms with Crippen LogP contribution in [0.2, 0.25) is 0 Å². The van der Waals surface area contributed by atoms with Crippen molar-refractivity contribution in [1.29, 1.82) is 0 Å². The van der Waals surface area contributed by atoms with Crippen molar-refractivity contribution in [1.82, 2.24) is 5.32 Å². The van der Waals surface area contributed by atoms with Gasteiger partial charge < -0.3 is 10.4 Å². The summed E-state index contributed by atoms with van der Waals surface area (Å²) >= 11 is 1.61. The van der Waals surface area contributed by atoms with Crippen LogP contribution in [0, 0.1) is 11.3 Å². The Morgan fingerprint density at radius 2 is 2.25 bits per heavy atom. The molecule has 0 fully saturated rings. The minimum Gasteiger partial charge on any atom is -0.392 e. The monoisotopic (exact) mass is 295 g/mol. The molecule has 0 saturated heterocycles. The molecule has 1 heterocycles. The average Bonchev–Trinajstić information content (AvgIpc) is 2.77. The van der Waals surface area contributed by atoms with Crippen molar-refractivity contribution in [3.63, 3.8) is 0 Å². The molecular weight excluding hydrogens is 270 g/mol. The molecule has 0 spiro atoms. The van der Waals surface area contributed by atoms with E-state index in [1.54, 1.807) is 18.3 Å². The Morgan fingerprint density at radius 3 is 2.85 bits per heavy atom. The third-order valence-corrected chi connectivity index (χ3v) is 5.33. The predicted octanol–water partition coefficient (Wildman–Crippen LogP) is 3.01. The van der Waals surface area contributed by atoms with Crippen LogP contribution in [0.25, 0.3) is 0 Å². The summed E-state index contributed by atoms with van der Waals surface area (Å²) in [7, 11) is 0. The van der Waals surface area contributed by atoms with E-state index < -0.39 is 6.10 Å². The molecule has 0 aliphatic heterocycles. The molecule has 2 N–H and O–H groups in total. The Bertz CT molecular complexity index is 485. The number of carbonyl (C=O) groups is 1. The van der Waals surface area contributed by atoms with Gasteiger partial charge in [-0.15, -0.1) is 11.3 Å². The van der Waals surface area contributed by atoms with E-state index in [1.165, 1.54) is 16.9 Å². The van der Waals surface area contributed by atoms with E-state index in [2.05, 4.69) is 32.2 Å². The highest BCUT2D eigenvalue weighted by Gasteiger charge is 2.30. The van der Waals surface area contributed by atoms with Crippen molar-refractivity contribution >= 4 is 17.2 Å². The zero-order valence-corrected chi connectivity index (χ0v) is 13.6. The van der Waals surface area contributed by atoms with Crippen LogP contribution in [0.15, 0.2) is 6.07 Å². The number of nitrogens with one attached hydrogen (secondary N) is 1. The van der Waals surface area contributed by atoms with Crippen LogP contribution >= 0.6 is 11.3 Å². The second-order valence-electron chi connectivity index (χ2n) is 6.92. The maximum Gasteiger partial charge on any atom is 0.261 e. The fourth-order valence-electron chi connectivity index (χ4n) is 2.70. The molecule has 2 atom stereocenters. The molecular formula is C16H25NO2S. The lowest BCUT2D eigenvalue weighted by molar-refractivity contribution is 0.0928. The summed E-state index contributed by atoms with van der Waals surface area (Å²) in [6.45, 7) is 8.88.